The maximum absolute atomic E-state index is 10.1. The summed E-state index contributed by atoms with van der Waals surface area (Å²) in [6.07, 6.45) is 9.15. The summed E-state index contributed by atoms with van der Waals surface area (Å²) in [7, 11) is 0. The van der Waals surface area contributed by atoms with Gasteiger partial charge >= 0.3 is 0 Å². The molecule has 0 spiro atoms. The van der Waals surface area contributed by atoms with Crippen LogP contribution < -0.4 is 0 Å². The predicted octanol–water partition coefficient (Wildman–Crippen LogP) is 6.09. The van der Waals surface area contributed by atoms with Crippen LogP contribution in [0.15, 0.2) is 24.3 Å². The van der Waals surface area contributed by atoms with Crippen molar-refractivity contribution in [3.8, 4) is 5.75 Å². The van der Waals surface area contributed by atoms with Crippen molar-refractivity contribution in [2.75, 3.05) is 0 Å². The number of para-hydroxylation sites is 1. The number of benzene rings is 1. The Balaban J connectivity index is 0.00000211. The number of aromatic hydroxyl groups is 1. The van der Waals surface area contributed by atoms with Gasteiger partial charge in [-0.1, -0.05) is 84.4 Å². The molecule has 1 aromatic carbocycles. The lowest BCUT2D eigenvalue weighted by Gasteiger charge is -2.31. The van der Waals surface area contributed by atoms with Gasteiger partial charge in [-0.2, -0.15) is 0 Å². The van der Waals surface area contributed by atoms with Gasteiger partial charge in [-0.05, 0) is 29.4 Å². The van der Waals surface area contributed by atoms with E-state index in [0.29, 0.717) is 11.7 Å². The van der Waals surface area contributed by atoms with E-state index in [1.165, 1.54) is 44.9 Å². The molecule has 1 unspecified atom stereocenters. The fraction of sp³-hybridized carbons (Fsp3) is 0.650. The highest BCUT2D eigenvalue weighted by molar-refractivity contribution is 5.35. The van der Waals surface area contributed by atoms with Crippen LogP contribution in [0.4, 0.5) is 0 Å². The second kappa shape index (κ2) is 11.3. The van der Waals surface area contributed by atoms with Gasteiger partial charge in [-0.25, -0.2) is 0 Å². The van der Waals surface area contributed by atoms with Gasteiger partial charge in [0.15, 0.2) is 0 Å². The molecule has 2 nitrogen and oxygen atoms in total. The Kier molecular flexibility index (Phi) is 10.6. The molecule has 0 saturated heterocycles. The molecule has 0 amide bonds. The van der Waals surface area contributed by atoms with Crippen molar-refractivity contribution >= 4 is 6.79 Å². The highest BCUT2D eigenvalue weighted by Crippen LogP contribution is 2.42. The Morgan fingerprint density at radius 2 is 1.55 bits per heavy atom. The lowest BCUT2D eigenvalue weighted by Crippen LogP contribution is -2.18. The van der Waals surface area contributed by atoms with Crippen LogP contribution >= 0.6 is 0 Å². The van der Waals surface area contributed by atoms with Crippen LogP contribution in [0.25, 0.3) is 0 Å². The zero-order valence-electron chi connectivity index (χ0n) is 14.9. The Morgan fingerprint density at radius 3 is 2.09 bits per heavy atom. The standard InChI is InChI=1S/C19H32O.CH2O/c1-5-6-7-8-9-10-14-17(19(2,3)4)16-13-11-12-15-18(16)20;1-2/h11-13,15,17,20H,5-10,14H2,1-4H3;1H2. The average Bonchev–Trinajstić information content (AvgIpc) is 2.48. The van der Waals surface area contributed by atoms with Crippen molar-refractivity contribution < 1.29 is 9.90 Å². The number of rotatable bonds is 8. The van der Waals surface area contributed by atoms with Crippen molar-refractivity contribution in [3.05, 3.63) is 29.8 Å². The van der Waals surface area contributed by atoms with E-state index in [2.05, 4.69) is 33.8 Å². The first kappa shape index (κ1) is 20.7. The van der Waals surface area contributed by atoms with Crippen molar-refractivity contribution in [3.63, 3.8) is 0 Å². The number of phenolic OH excluding ortho intramolecular Hbond substituents is 1. The molecule has 22 heavy (non-hydrogen) atoms. The third-order valence-corrected chi connectivity index (χ3v) is 4.20. The smallest absolute Gasteiger partial charge is 0.119 e. The summed E-state index contributed by atoms with van der Waals surface area (Å²) >= 11 is 0. The lowest BCUT2D eigenvalue weighted by molar-refractivity contribution is -0.0979. The molecule has 0 aliphatic heterocycles. The molecule has 0 heterocycles. The first-order valence-corrected chi connectivity index (χ1v) is 8.53. The molecule has 0 aromatic heterocycles. The first-order chi connectivity index (χ1) is 10.5. The number of hydrogen-bond acceptors (Lipinski definition) is 2. The minimum Gasteiger partial charge on any atom is -0.508 e. The summed E-state index contributed by atoms with van der Waals surface area (Å²) in [6.45, 7) is 11.1. The first-order valence-electron chi connectivity index (χ1n) is 8.53. The summed E-state index contributed by atoms with van der Waals surface area (Å²) in [6, 6.07) is 7.84. The van der Waals surface area contributed by atoms with Gasteiger partial charge in [0.05, 0.1) is 0 Å². The van der Waals surface area contributed by atoms with Gasteiger partial charge in [0, 0.05) is 0 Å². The topological polar surface area (TPSA) is 37.3 Å². The van der Waals surface area contributed by atoms with E-state index in [1.54, 1.807) is 0 Å². The van der Waals surface area contributed by atoms with Gasteiger partial charge in [0.2, 0.25) is 0 Å². The monoisotopic (exact) mass is 306 g/mol. The predicted molar refractivity (Wildman–Crippen MR) is 95.4 cm³/mol. The second-order valence-corrected chi connectivity index (χ2v) is 7.03. The van der Waals surface area contributed by atoms with Crippen LogP contribution in [0, 0.1) is 5.41 Å². The number of carbonyl (C=O) groups is 1. The third-order valence-electron chi connectivity index (χ3n) is 4.20. The molecular weight excluding hydrogens is 272 g/mol. The summed E-state index contributed by atoms with van der Waals surface area (Å²) < 4.78 is 0. The normalized spacial score (nSPS) is 12.4. The van der Waals surface area contributed by atoms with E-state index in [1.807, 2.05) is 25.0 Å². The van der Waals surface area contributed by atoms with E-state index in [9.17, 15) is 5.11 Å². The number of unbranched alkanes of at least 4 members (excludes halogenated alkanes) is 5. The highest BCUT2D eigenvalue weighted by Gasteiger charge is 2.27. The number of phenols is 1. The fourth-order valence-corrected chi connectivity index (χ4v) is 2.97. The Hall–Kier alpha value is -1.31. The van der Waals surface area contributed by atoms with Gasteiger partial charge in [0.1, 0.15) is 12.5 Å². The molecular formula is C20H34O2. The Labute approximate surface area is 137 Å². The van der Waals surface area contributed by atoms with Crippen LogP contribution in [-0.2, 0) is 4.79 Å². The second-order valence-electron chi connectivity index (χ2n) is 7.03. The van der Waals surface area contributed by atoms with E-state index in [0.717, 1.165) is 5.56 Å². The molecule has 2 heteroatoms. The number of hydrogen-bond donors (Lipinski definition) is 1. The summed E-state index contributed by atoms with van der Waals surface area (Å²) in [5.74, 6) is 0.897. The minimum atomic E-state index is 0.197. The van der Waals surface area contributed by atoms with Crippen LogP contribution in [-0.4, -0.2) is 11.9 Å². The fourth-order valence-electron chi connectivity index (χ4n) is 2.97. The molecule has 1 N–H and O–H groups in total. The van der Waals surface area contributed by atoms with Crippen molar-refractivity contribution in [2.45, 2.75) is 78.6 Å². The molecule has 126 valence electrons. The van der Waals surface area contributed by atoms with Gasteiger partial charge < -0.3 is 9.90 Å². The molecule has 1 rings (SSSR count). The van der Waals surface area contributed by atoms with Crippen molar-refractivity contribution in [1.29, 1.82) is 0 Å². The van der Waals surface area contributed by atoms with Crippen molar-refractivity contribution in [1.82, 2.24) is 0 Å². The van der Waals surface area contributed by atoms with Gasteiger partial charge in [0.25, 0.3) is 0 Å². The third kappa shape index (κ3) is 7.63. The molecule has 1 atom stereocenters. The van der Waals surface area contributed by atoms with Crippen molar-refractivity contribution in [2.24, 2.45) is 5.41 Å². The molecule has 0 bridgehead atoms. The Morgan fingerprint density at radius 1 is 1.00 bits per heavy atom. The van der Waals surface area contributed by atoms with Gasteiger partial charge in [-0.3, -0.25) is 0 Å². The van der Waals surface area contributed by atoms with Gasteiger partial charge in [-0.15, -0.1) is 0 Å². The minimum absolute atomic E-state index is 0.197. The molecule has 0 fully saturated rings. The summed E-state index contributed by atoms with van der Waals surface area (Å²) in [5.41, 5.74) is 1.32. The lowest BCUT2D eigenvalue weighted by atomic mass is 9.73. The van der Waals surface area contributed by atoms with E-state index in [-0.39, 0.29) is 5.41 Å². The Bertz CT molecular complexity index is 393. The van der Waals surface area contributed by atoms with E-state index < -0.39 is 0 Å². The van der Waals surface area contributed by atoms with Crippen LogP contribution in [0.2, 0.25) is 0 Å². The average molecular weight is 306 g/mol. The SMILES string of the molecule is C=O.CCCCCCCCC(c1ccccc1O)C(C)(C)C. The molecule has 0 saturated carbocycles. The summed E-state index contributed by atoms with van der Waals surface area (Å²) in [4.78, 5) is 8.00. The van der Waals surface area contributed by atoms with Crippen LogP contribution in [0.5, 0.6) is 5.75 Å². The number of carbonyl (C=O) groups excluding carboxylic acids is 1. The highest BCUT2D eigenvalue weighted by atomic mass is 16.3. The maximum Gasteiger partial charge on any atom is 0.119 e. The van der Waals surface area contributed by atoms with Crippen LogP contribution in [0.3, 0.4) is 0 Å². The molecule has 0 radical (unpaired) electrons. The zero-order valence-corrected chi connectivity index (χ0v) is 14.9. The molecule has 0 aliphatic rings. The molecule has 1 aromatic rings. The zero-order chi connectivity index (χ0) is 17.0. The summed E-state index contributed by atoms with van der Waals surface area (Å²) in [5, 5.41) is 10.1. The van der Waals surface area contributed by atoms with E-state index in [4.69, 9.17) is 4.79 Å². The largest absolute Gasteiger partial charge is 0.508 e. The van der Waals surface area contributed by atoms with E-state index >= 15 is 0 Å². The quantitative estimate of drug-likeness (QED) is 0.590. The van der Waals surface area contributed by atoms with Crippen LogP contribution in [0.1, 0.15) is 84.1 Å². The maximum atomic E-state index is 10.1. The molecule has 0 aliphatic carbocycles.